The van der Waals surface area contributed by atoms with Gasteiger partial charge in [-0.3, -0.25) is 14.5 Å². The number of aliphatic carboxylic acids is 1. The summed E-state index contributed by atoms with van der Waals surface area (Å²) in [5, 5.41) is 9.71. The highest BCUT2D eigenvalue weighted by molar-refractivity contribution is 6.08. The molecule has 2 bridgehead atoms. The lowest BCUT2D eigenvalue weighted by Gasteiger charge is -2.37. The van der Waals surface area contributed by atoms with Crippen molar-refractivity contribution in [3.05, 3.63) is 48.0 Å². The molecule has 6 rings (SSSR count). The molecule has 1 N–H and O–H groups in total. The Morgan fingerprint density at radius 2 is 1.60 bits per heavy atom. The average molecular weight is 337 g/mol. The Hall–Kier alpha value is -2.43. The molecule has 2 amide bonds. The SMILES string of the molecule is O=C(O)[C@@H](Cc1ccccc1)N1C(=O)[C@@H]2[C@@H]3C=C[C@H]([C@H]4C[C@@H]34)[C@@H]2C1=O. The van der Waals surface area contributed by atoms with E-state index in [2.05, 4.69) is 12.2 Å². The van der Waals surface area contributed by atoms with Crippen LogP contribution in [-0.2, 0) is 20.8 Å². The molecule has 5 nitrogen and oxygen atoms in total. The number of hydrogen-bond donors (Lipinski definition) is 1. The van der Waals surface area contributed by atoms with Gasteiger partial charge in [0.15, 0.2) is 0 Å². The van der Waals surface area contributed by atoms with Gasteiger partial charge in [-0.15, -0.1) is 0 Å². The van der Waals surface area contributed by atoms with Crippen LogP contribution < -0.4 is 0 Å². The molecular weight excluding hydrogens is 318 g/mol. The van der Waals surface area contributed by atoms with Gasteiger partial charge in [0.25, 0.3) is 0 Å². The maximum absolute atomic E-state index is 13.0. The number of amides is 2. The molecule has 3 fully saturated rings. The van der Waals surface area contributed by atoms with Crippen LogP contribution in [-0.4, -0.2) is 33.8 Å². The predicted molar refractivity (Wildman–Crippen MR) is 88.1 cm³/mol. The van der Waals surface area contributed by atoms with Gasteiger partial charge in [-0.1, -0.05) is 42.5 Å². The second-order valence-electron chi connectivity index (χ2n) is 7.74. The number of imide groups is 1. The number of allylic oxidation sites excluding steroid dienone is 2. The van der Waals surface area contributed by atoms with Crippen molar-refractivity contribution in [1.82, 2.24) is 4.90 Å². The van der Waals surface area contributed by atoms with Crippen molar-refractivity contribution in [2.75, 3.05) is 0 Å². The van der Waals surface area contributed by atoms with Crippen molar-refractivity contribution in [2.24, 2.45) is 35.5 Å². The number of benzene rings is 1. The third-order valence-electron chi connectivity index (χ3n) is 6.57. The van der Waals surface area contributed by atoms with E-state index in [9.17, 15) is 19.5 Å². The Kier molecular flexibility index (Phi) is 3.00. The van der Waals surface area contributed by atoms with E-state index in [4.69, 9.17) is 0 Å². The van der Waals surface area contributed by atoms with E-state index in [1.807, 2.05) is 30.3 Å². The minimum absolute atomic E-state index is 0.118. The summed E-state index contributed by atoms with van der Waals surface area (Å²) < 4.78 is 0. The van der Waals surface area contributed by atoms with E-state index in [1.165, 1.54) is 0 Å². The van der Waals surface area contributed by atoms with Crippen LogP contribution in [0.25, 0.3) is 0 Å². The molecule has 5 heteroatoms. The van der Waals surface area contributed by atoms with Crippen molar-refractivity contribution in [3.63, 3.8) is 0 Å². The fourth-order valence-corrected chi connectivity index (χ4v) is 5.41. The second kappa shape index (κ2) is 5.04. The second-order valence-corrected chi connectivity index (χ2v) is 7.74. The first kappa shape index (κ1) is 14.9. The average Bonchev–Trinajstić information content (AvgIpc) is 3.39. The van der Waals surface area contributed by atoms with Crippen LogP contribution in [0.2, 0.25) is 0 Å². The van der Waals surface area contributed by atoms with Gasteiger partial charge >= 0.3 is 5.97 Å². The molecule has 5 aliphatic rings. The van der Waals surface area contributed by atoms with Crippen molar-refractivity contribution in [2.45, 2.75) is 18.9 Å². The molecule has 25 heavy (non-hydrogen) atoms. The van der Waals surface area contributed by atoms with Crippen molar-refractivity contribution < 1.29 is 19.5 Å². The van der Waals surface area contributed by atoms with Crippen LogP contribution in [0.1, 0.15) is 12.0 Å². The number of likely N-dealkylation sites (tertiary alicyclic amines) is 1. The first-order valence-electron chi connectivity index (χ1n) is 8.90. The van der Waals surface area contributed by atoms with Gasteiger partial charge in [0.2, 0.25) is 11.8 Å². The van der Waals surface area contributed by atoms with Gasteiger partial charge in [0.05, 0.1) is 11.8 Å². The molecule has 1 aliphatic heterocycles. The molecule has 0 radical (unpaired) electrons. The summed E-state index contributed by atoms with van der Waals surface area (Å²) in [5.41, 5.74) is 0.814. The molecule has 4 aliphatic carbocycles. The van der Waals surface area contributed by atoms with E-state index in [-0.39, 0.29) is 41.9 Å². The summed E-state index contributed by atoms with van der Waals surface area (Å²) in [6.07, 6.45) is 5.45. The highest BCUT2D eigenvalue weighted by Crippen LogP contribution is 2.65. The lowest BCUT2D eigenvalue weighted by molar-refractivity contribution is -0.155. The highest BCUT2D eigenvalue weighted by Gasteiger charge is 2.67. The Labute approximate surface area is 145 Å². The lowest BCUT2D eigenvalue weighted by atomic mass is 9.63. The monoisotopic (exact) mass is 337 g/mol. The molecule has 1 aromatic carbocycles. The minimum Gasteiger partial charge on any atom is -0.480 e. The molecule has 128 valence electrons. The quantitative estimate of drug-likeness (QED) is 0.671. The smallest absolute Gasteiger partial charge is 0.327 e. The Balaban J connectivity index is 1.48. The fourth-order valence-electron chi connectivity index (χ4n) is 5.41. The number of hydrogen-bond acceptors (Lipinski definition) is 3. The van der Waals surface area contributed by atoms with E-state index in [0.29, 0.717) is 11.8 Å². The van der Waals surface area contributed by atoms with Gasteiger partial charge in [0.1, 0.15) is 6.04 Å². The summed E-state index contributed by atoms with van der Waals surface area (Å²) >= 11 is 0. The van der Waals surface area contributed by atoms with Crippen LogP contribution in [0.4, 0.5) is 0 Å². The maximum Gasteiger partial charge on any atom is 0.327 e. The van der Waals surface area contributed by atoms with Crippen molar-refractivity contribution >= 4 is 17.8 Å². The first-order valence-corrected chi connectivity index (χ1v) is 8.90. The summed E-state index contributed by atoms with van der Waals surface area (Å²) in [6.45, 7) is 0. The van der Waals surface area contributed by atoms with E-state index < -0.39 is 12.0 Å². The van der Waals surface area contributed by atoms with Crippen LogP contribution in [0.3, 0.4) is 0 Å². The van der Waals surface area contributed by atoms with Gasteiger partial charge in [0, 0.05) is 6.42 Å². The molecule has 0 unspecified atom stereocenters. The number of carboxylic acids is 1. The van der Waals surface area contributed by atoms with Gasteiger partial charge in [-0.05, 0) is 35.7 Å². The zero-order valence-electron chi connectivity index (χ0n) is 13.6. The normalized spacial score (nSPS) is 38.5. The van der Waals surface area contributed by atoms with Gasteiger partial charge in [-0.2, -0.15) is 0 Å². The molecule has 7 atom stereocenters. The van der Waals surface area contributed by atoms with Crippen LogP contribution in [0, 0.1) is 35.5 Å². The van der Waals surface area contributed by atoms with Gasteiger partial charge in [-0.25, -0.2) is 4.79 Å². The summed E-state index contributed by atoms with van der Waals surface area (Å²) in [7, 11) is 0. The summed E-state index contributed by atoms with van der Waals surface area (Å²) in [5.74, 6) is -1.08. The first-order chi connectivity index (χ1) is 12.1. The zero-order valence-corrected chi connectivity index (χ0v) is 13.6. The summed E-state index contributed by atoms with van der Waals surface area (Å²) in [4.78, 5) is 39.0. The molecule has 0 aromatic heterocycles. The van der Waals surface area contributed by atoms with E-state index in [0.717, 1.165) is 16.9 Å². The Morgan fingerprint density at radius 3 is 2.12 bits per heavy atom. The Morgan fingerprint density at radius 1 is 1.04 bits per heavy atom. The molecular formula is C20H19NO4. The lowest BCUT2D eigenvalue weighted by Crippen LogP contribution is -2.47. The number of carbonyl (C=O) groups excluding carboxylic acids is 2. The molecule has 1 aromatic rings. The van der Waals surface area contributed by atoms with Crippen LogP contribution in [0.5, 0.6) is 0 Å². The molecule has 1 saturated heterocycles. The van der Waals surface area contributed by atoms with E-state index >= 15 is 0 Å². The molecule has 0 spiro atoms. The topological polar surface area (TPSA) is 74.7 Å². The van der Waals surface area contributed by atoms with Crippen LogP contribution in [0.15, 0.2) is 42.5 Å². The van der Waals surface area contributed by atoms with Crippen molar-refractivity contribution in [1.29, 1.82) is 0 Å². The third kappa shape index (κ3) is 1.98. The maximum atomic E-state index is 13.0. The fraction of sp³-hybridized carbons (Fsp3) is 0.450. The molecule has 2 saturated carbocycles. The van der Waals surface area contributed by atoms with Gasteiger partial charge < -0.3 is 5.11 Å². The number of rotatable bonds is 4. The largest absolute Gasteiger partial charge is 0.480 e. The minimum atomic E-state index is -1.12. The highest BCUT2D eigenvalue weighted by atomic mass is 16.4. The number of nitrogens with zero attached hydrogens (tertiary/aromatic N) is 1. The van der Waals surface area contributed by atoms with Crippen molar-refractivity contribution in [3.8, 4) is 0 Å². The predicted octanol–water partition coefficient (Wildman–Crippen LogP) is 1.74. The standard InChI is InChI=1S/C20H19NO4/c22-18-16-11-6-7-12(14-9-13(11)14)17(16)19(23)21(18)15(20(24)25)8-10-4-2-1-3-5-10/h1-7,11-17H,8-9H2,(H,24,25)/t11-,12-,13-,14+,15-,16+,17-/m1/s1. The summed E-state index contributed by atoms with van der Waals surface area (Å²) in [6, 6.07) is 8.06. The molecule has 1 heterocycles. The zero-order chi connectivity index (χ0) is 17.3. The number of carboxylic acid groups (broad SMARTS) is 1. The number of carbonyl (C=O) groups is 3. The van der Waals surface area contributed by atoms with E-state index in [1.54, 1.807) is 0 Å². The third-order valence-corrected chi connectivity index (χ3v) is 6.57. The van der Waals surface area contributed by atoms with Crippen LogP contribution >= 0.6 is 0 Å². The Bertz CT molecular complexity index is 765.